The van der Waals surface area contributed by atoms with Crippen molar-refractivity contribution in [2.24, 2.45) is 0 Å². The van der Waals surface area contributed by atoms with Crippen molar-refractivity contribution in [2.45, 2.75) is 25.2 Å². The molecule has 1 aliphatic heterocycles. The van der Waals surface area contributed by atoms with Gasteiger partial charge in [0.05, 0.1) is 6.42 Å². The van der Waals surface area contributed by atoms with Gasteiger partial charge >= 0.3 is 5.97 Å². The number of fused-ring (bicyclic) bond motifs is 1. The molecule has 5 heteroatoms. The largest absolute Gasteiger partial charge is 0.481 e. The highest BCUT2D eigenvalue weighted by molar-refractivity contribution is 5.96. The van der Waals surface area contributed by atoms with Gasteiger partial charge in [-0.05, 0) is 31.6 Å². The molecule has 1 atom stereocenters. The minimum absolute atomic E-state index is 0.0668. The van der Waals surface area contributed by atoms with E-state index in [1.54, 1.807) is 4.90 Å². The van der Waals surface area contributed by atoms with Gasteiger partial charge in [0, 0.05) is 24.6 Å². The van der Waals surface area contributed by atoms with Crippen LogP contribution in [0.25, 0.3) is 0 Å². The number of amides is 1. The van der Waals surface area contributed by atoms with Crippen molar-refractivity contribution in [2.75, 3.05) is 25.0 Å². The first-order chi connectivity index (χ1) is 9.63. The second-order valence-corrected chi connectivity index (χ2v) is 5.07. The highest BCUT2D eigenvalue weighted by Gasteiger charge is 2.32. The summed E-state index contributed by atoms with van der Waals surface area (Å²) in [5.41, 5.74) is 1.84. The molecule has 20 heavy (non-hydrogen) atoms. The number of nitrogens with one attached hydrogen (secondary N) is 1. The fraction of sp³-hybridized carbons (Fsp3) is 0.467. The molecule has 1 heterocycles. The van der Waals surface area contributed by atoms with Gasteiger partial charge in [-0.25, -0.2) is 0 Å². The molecule has 5 nitrogen and oxygen atoms in total. The van der Waals surface area contributed by atoms with Crippen LogP contribution in [-0.4, -0.2) is 37.1 Å². The van der Waals surface area contributed by atoms with Gasteiger partial charge in [-0.15, -0.1) is 0 Å². The van der Waals surface area contributed by atoms with Crippen molar-refractivity contribution in [3.8, 4) is 0 Å². The Hall–Kier alpha value is -1.88. The smallest absolute Gasteiger partial charge is 0.304 e. The summed E-state index contributed by atoms with van der Waals surface area (Å²) in [6.45, 7) is 1.28. The Morgan fingerprint density at radius 1 is 1.40 bits per heavy atom. The lowest BCUT2D eigenvalue weighted by Crippen LogP contribution is -2.30. The van der Waals surface area contributed by atoms with Crippen molar-refractivity contribution in [1.82, 2.24) is 5.32 Å². The molecule has 1 aromatic carbocycles. The highest BCUT2D eigenvalue weighted by atomic mass is 16.4. The van der Waals surface area contributed by atoms with Crippen LogP contribution in [0, 0.1) is 0 Å². The third kappa shape index (κ3) is 3.17. The molecule has 0 saturated heterocycles. The normalized spacial score (nSPS) is 17.1. The van der Waals surface area contributed by atoms with Gasteiger partial charge in [-0.1, -0.05) is 18.2 Å². The maximum Gasteiger partial charge on any atom is 0.304 e. The van der Waals surface area contributed by atoms with E-state index in [2.05, 4.69) is 5.32 Å². The number of hydrogen-bond donors (Lipinski definition) is 2. The summed E-state index contributed by atoms with van der Waals surface area (Å²) < 4.78 is 0. The van der Waals surface area contributed by atoms with Gasteiger partial charge in [0.15, 0.2) is 0 Å². The lowest BCUT2D eigenvalue weighted by atomic mass is 9.98. The van der Waals surface area contributed by atoms with Crippen LogP contribution in [0.3, 0.4) is 0 Å². The van der Waals surface area contributed by atoms with E-state index in [9.17, 15) is 9.59 Å². The van der Waals surface area contributed by atoms with Crippen LogP contribution in [0.2, 0.25) is 0 Å². The molecule has 0 bridgehead atoms. The third-order valence-electron chi connectivity index (χ3n) is 3.61. The summed E-state index contributed by atoms with van der Waals surface area (Å²) in [6, 6.07) is 7.59. The second-order valence-electron chi connectivity index (χ2n) is 5.07. The molecule has 0 spiro atoms. The van der Waals surface area contributed by atoms with E-state index < -0.39 is 5.97 Å². The molecule has 2 rings (SSSR count). The van der Waals surface area contributed by atoms with Crippen molar-refractivity contribution in [1.29, 1.82) is 0 Å². The summed E-state index contributed by atoms with van der Waals surface area (Å²) in [7, 11) is 1.86. The maximum absolute atomic E-state index is 12.3. The Balaban J connectivity index is 2.12. The first kappa shape index (κ1) is 14.5. The summed E-state index contributed by atoms with van der Waals surface area (Å²) in [4.78, 5) is 24.9. The van der Waals surface area contributed by atoms with E-state index in [1.165, 1.54) is 0 Å². The fourth-order valence-electron chi connectivity index (χ4n) is 2.67. The lowest BCUT2D eigenvalue weighted by molar-refractivity contribution is -0.137. The van der Waals surface area contributed by atoms with Crippen molar-refractivity contribution in [3.63, 3.8) is 0 Å². The van der Waals surface area contributed by atoms with Gasteiger partial charge in [0.2, 0.25) is 5.91 Å². The molecule has 1 amide bonds. The number of para-hydroxylation sites is 1. The van der Waals surface area contributed by atoms with Crippen molar-refractivity contribution < 1.29 is 14.7 Å². The molecule has 1 unspecified atom stereocenters. The van der Waals surface area contributed by atoms with E-state index in [0.29, 0.717) is 13.0 Å². The van der Waals surface area contributed by atoms with Gasteiger partial charge in [0.1, 0.15) is 0 Å². The number of carboxylic acids is 1. The number of anilines is 1. The summed E-state index contributed by atoms with van der Waals surface area (Å²) in [6.07, 6.45) is 1.34. The van der Waals surface area contributed by atoms with Crippen LogP contribution in [0.4, 0.5) is 5.69 Å². The average molecular weight is 276 g/mol. The third-order valence-corrected chi connectivity index (χ3v) is 3.61. The van der Waals surface area contributed by atoms with Crippen LogP contribution in [-0.2, 0) is 9.59 Å². The van der Waals surface area contributed by atoms with Gasteiger partial charge < -0.3 is 15.3 Å². The summed E-state index contributed by atoms with van der Waals surface area (Å²) >= 11 is 0. The number of hydrogen-bond acceptors (Lipinski definition) is 3. The maximum atomic E-state index is 12.3. The fourth-order valence-corrected chi connectivity index (χ4v) is 2.67. The zero-order chi connectivity index (χ0) is 14.5. The lowest BCUT2D eigenvalue weighted by Gasteiger charge is -2.17. The van der Waals surface area contributed by atoms with Crippen molar-refractivity contribution in [3.05, 3.63) is 29.8 Å². The molecule has 1 aliphatic rings. The average Bonchev–Trinajstić information content (AvgIpc) is 2.78. The number of aliphatic carboxylic acids is 1. The molecule has 0 aromatic heterocycles. The SMILES string of the molecule is CNCCCC(=O)N1CC(CC(=O)O)c2ccccc21. The summed E-state index contributed by atoms with van der Waals surface area (Å²) in [5.74, 6) is -0.855. The molecule has 0 radical (unpaired) electrons. The van der Waals surface area contributed by atoms with Crippen LogP contribution < -0.4 is 10.2 Å². The Bertz CT molecular complexity index is 502. The number of rotatable bonds is 6. The predicted octanol–water partition coefficient (Wildman–Crippen LogP) is 1.59. The van der Waals surface area contributed by atoms with Crippen LogP contribution in [0.1, 0.15) is 30.7 Å². The van der Waals surface area contributed by atoms with Gasteiger partial charge in [0.25, 0.3) is 0 Å². The minimum Gasteiger partial charge on any atom is -0.481 e. The molecular weight excluding hydrogens is 256 g/mol. The molecule has 2 N–H and O–H groups in total. The summed E-state index contributed by atoms with van der Waals surface area (Å²) in [5, 5.41) is 12.0. The quantitative estimate of drug-likeness (QED) is 0.774. The van der Waals surface area contributed by atoms with Crippen LogP contribution in [0.5, 0.6) is 0 Å². The van der Waals surface area contributed by atoms with Crippen molar-refractivity contribution >= 4 is 17.6 Å². The van der Waals surface area contributed by atoms with Crippen LogP contribution >= 0.6 is 0 Å². The Morgan fingerprint density at radius 2 is 2.15 bits per heavy atom. The van der Waals surface area contributed by atoms with E-state index in [4.69, 9.17) is 5.11 Å². The van der Waals surface area contributed by atoms with E-state index in [0.717, 1.165) is 24.2 Å². The number of carboxylic acid groups (broad SMARTS) is 1. The first-order valence-electron chi connectivity index (χ1n) is 6.89. The van der Waals surface area contributed by atoms with Crippen LogP contribution in [0.15, 0.2) is 24.3 Å². The van der Waals surface area contributed by atoms with Gasteiger partial charge in [-0.2, -0.15) is 0 Å². The van der Waals surface area contributed by atoms with E-state index >= 15 is 0 Å². The number of benzene rings is 1. The Labute approximate surface area is 118 Å². The number of carbonyl (C=O) groups excluding carboxylic acids is 1. The molecule has 108 valence electrons. The highest BCUT2D eigenvalue weighted by Crippen LogP contribution is 2.38. The molecule has 0 saturated carbocycles. The molecular formula is C15H20N2O3. The topological polar surface area (TPSA) is 69.6 Å². The van der Waals surface area contributed by atoms with Gasteiger partial charge in [-0.3, -0.25) is 9.59 Å². The minimum atomic E-state index is -0.825. The second kappa shape index (κ2) is 6.52. The molecule has 1 aromatic rings. The zero-order valence-corrected chi connectivity index (χ0v) is 11.6. The Kier molecular flexibility index (Phi) is 4.74. The van der Waals surface area contributed by atoms with E-state index in [1.807, 2.05) is 31.3 Å². The first-order valence-corrected chi connectivity index (χ1v) is 6.89. The molecule has 0 aliphatic carbocycles. The number of carbonyl (C=O) groups is 2. The Morgan fingerprint density at radius 3 is 2.85 bits per heavy atom. The van der Waals surface area contributed by atoms with E-state index in [-0.39, 0.29) is 18.2 Å². The molecule has 0 fully saturated rings. The standard InChI is InChI=1S/C15H20N2O3/c1-16-8-4-7-14(18)17-10-11(9-15(19)20)12-5-2-3-6-13(12)17/h2-3,5-6,11,16H,4,7-10H2,1H3,(H,19,20). The number of nitrogens with zero attached hydrogens (tertiary/aromatic N) is 1. The monoisotopic (exact) mass is 276 g/mol. The predicted molar refractivity (Wildman–Crippen MR) is 76.9 cm³/mol. The zero-order valence-electron chi connectivity index (χ0n) is 11.6.